The van der Waals surface area contributed by atoms with E-state index in [-0.39, 0.29) is 24.8 Å². The Kier molecular flexibility index (Phi) is 12.1. The molecule has 0 aliphatic rings. The molecule has 1 aromatic carbocycles. The molecule has 1 aromatic rings. The highest BCUT2D eigenvalue weighted by molar-refractivity contribution is 5.93. The molecule has 0 spiro atoms. The van der Waals surface area contributed by atoms with Gasteiger partial charge in [0, 0.05) is 18.5 Å². The van der Waals surface area contributed by atoms with E-state index in [1.54, 1.807) is 20.8 Å². The molecule has 0 heterocycles. The van der Waals surface area contributed by atoms with Crippen molar-refractivity contribution < 1.29 is 23.9 Å². The minimum atomic E-state index is -1.11. The first-order chi connectivity index (χ1) is 17.1. The van der Waals surface area contributed by atoms with Crippen LogP contribution in [0.3, 0.4) is 0 Å². The number of rotatable bonds is 12. The topological polar surface area (TPSA) is 131 Å². The van der Waals surface area contributed by atoms with Crippen molar-refractivity contribution in [3.63, 3.8) is 0 Å². The summed E-state index contributed by atoms with van der Waals surface area (Å²) in [5.41, 5.74) is 7.17. The SMILES string of the molecule is CCCC(C)NC(=O)C(c1ccc(C)cc1C)N(C(=O)C(CCC(N)=O)NC(=O)OC(C)(C)C)C(C)C. The number of nitrogens with one attached hydrogen (secondary N) is 2. The van der Waals surface area contributed by atoms with E-state index in [4.69, 9.17) is 10.5 Å². The number of ether oxygens (including phenoxy) is 1. The van der Waals surface area contributed by atoms with Crippen LogP contribution in [0.4, 0.5) is 4.79 Å². The van der Waals surface area contributed by atoms with Crippen molar-refractivity contribution in [3.8, 4) is 0 Å². The molecule has 0 aromatic heterocycles. The third-order valence-corrected chi connectivity index (χ3v) is 5.84. The summed E-state index contributed by atoms with van der Waals surface area (Å²) >= 11 is 0. The van der Waals surface area contributed by atoms with Gasteiger partial charge in [-0.05, 0) is 79.4 Å². The number of aryl methyl sites for hydroxylation is 2. The highest BCUT2D eigenvalue weighted by atomic mass is 16.6. The molecule has 3 unspecified atom stereocenters. The van der Waals surface area contributed by atoms with Crippen LogP contribution in [0.25, 0.3) is 0 Å². The van der Waals surface area contributed by atoms with Crippen LogP contribution in [-0.2, 0) is 19.1 Å². The average Bonchev–Trinajstić information content (AvgIpc) is 2.73. The van der Waals surface area contributed by atoms with E-state index in [0.29, 0.717) is 5.56 Å². The number of alkyl carbamates (subject to hydrolysis) is 1. The first kappa shape index (κ1) is 31.9. The third-order valence-electron chi connectivity index (χ3n) is 5.84. The quantitative estimate of drug-likeness (QED) is 0.384. The van der Waals surface area contributed by atoms with E-state index >= 15 is 0 Å². The molecule has 0 saturated heterocycles. The van der Waals surface area contributed by atoms with Crippen molar-refractivity contribution in [1.82, 2.24) is 15.5 Å². The lowest BCUT2D eigenvalue weighted by atomic mass is 9.94. The second-order valence-electron chi connectivity index (χ2n) is 11.0. The Hall–Kier alpha value is -3.10. The fraction of sp³-hybridized carbons (Fsp3) is 0.643. The highest BCUT2D eigenvalue weighted by Crippen LogP contribution is 2.29. The molecule has 1 rings (SSSR count). The summed E-state index contributed by atoms with van der Waals surface area (Å²) in [6, 6.07) is 3.20. The summed E-state index contributed by atoms with van der Waals surface area (Å²) in [6.45, 7) is 16.6. The summed E-state index contributed by atoms with van der Waals surface area (Å²) in [6.07, 6.45) is 0.763. The lowest BCUT2D eigenvalue weighted by Gasteiger charge is -2.38. The van der Waals surface area contributed by atoms with Gasteiger partial charge in [0.1, 0.15) is 17.7 Å². The summed E-state index contributed by atoms with van der Waals surface area (Å²) in [7, 11) is 0. The monoisotopic (exact) mass is 518 g/mol. The van der Waals surface area contributed by atoms with E-state index in [1.165, 1.54) is 4.90 Å². The fourth-order valence-electron chi connectivity index (χ4n) is 4.23. The second-order valence-corrected chi connectivity index (χ2v) is 11.0. The molecular formula is C28H46N4O5. The van der Waals surface area contributed by atoms with Gasteiger partial charge in [0.2, 0.25) is 17.7 Å². The molecule has 37 heavy (non-hydrogen) atoms. The summed E-state index contributed by atoms with van der Waals surface area (Å²) in [5, 5.41) is 5.66. The summed E-state index contributed by atoms with van der Waals surface area (Å²) < 4.78 is 5.35. The van der Waals surface area contributed by atoms with Gasteiger partial charge >= 0.3 is 6.09 Å². The van der Waals surface area contributed by atoms with Crippen LogP contribution in [0.1, 0.15) is 96.9 Å². The Bertz CT molecular complexity index is 954. The van der Waals surface area contributed by atoms with Crippen LogP contribution in [0.15, 0.2) is 18.2 Å². The smallest absolute Gasteiger partial charge is 0.408 e. The molecule has 0 radical (unpaired) electrons. The Morgan fingerprint density at radius 3 is 2.14 bits per heavy atom. The maximum absolute atomic E-state index is 14.0. The molecule has 0 fully saturated rings. The number of amides is 4. The number of primary amides is 1. The number of benzene rings is 1. The van der Waals surface area contributed by atoms with E-state index in [9.17, 15) is 19.2 Å². The summed E-state index contributed by atoms with van der Waals surface area (Å²) in [4.78, 5) is 53.4. The molecule has 9 nitrogen and oxygen atoms in total. The van der Waals surface area contributed by atoms with Gasteiger partial charge in [-0.3, -0.25) is 14.4 Å². The van der Waals surface area contributed by atoms with Crippen LogP contribution in [0.2, 0.25) is 0 Å². The van der Waals surface area contributed by atoms with Crippen molar-refractivity contribution in [2.75, 3.05) is 0 Å². The minimum Gasteiger partial charge on any atom is -0.444 e. The van der Waals surface area contributed by atoms with Gasteiger partial charge in [-0.25, -0.2) is 4.79 Å². The molecular weight excluding hydrogens is 472 g/mol. The molecule has 9 heteroatoms. The lowest BCUT2D eigenvalue weighted by molar-refractivity contribution is -0.145. The maximum atomic E-state index is 14.0. The minimum absolute atomic E-state index is 0.0237. The van der Waals surface area contributed by atoms with E-state index in [0.717, 1.165) is 24.0 Å². The molecule has 4 amide bonds. The first-order valence-electron chi connectivity index (χ1n) is 13.0. The Morgan fingerprint density at radius 1 is 1.03 bits per heavy atom. The fourth-order valence-corrected chi connectivity index (χ4v) is 4.23. The number of nitrogens with two attached hydrogens (primary N) is 1. The number of nitrogens with zero attached hydrogens (tertiary/aromatic N) is 1. The number of hydrogen-bond donors (Lipinski definition) is 3. The first-order valence-corrected chi connectivity index (χ1v) is 13.0. The standard InChI is InChI=1S/C28H46N4O5/c1-10-11-20(6)30-25(34)24(21-13-12-18(4)16-19(21)5)32(17(2)3)26(35)22(14-15-23(29)33)31-27(36)37-28(7,8)9/h12-13,16-17,20,22,24H,10-11,14-15H2,1-9H3,(H2,29,33)(H,30,34)(H,31,36). The van der Waals surface area contributed by atoms with Gasteiger partial charge in [-0.1, -0.05) is 37.1 Å². The van der Waals surface area contributed by atoms with Gasteiger partial charge in [0.05, 0.1) is 0 Å². The van der Waals surface area contributed by atoms with E-state index in [2.05, 4.69) is 10.6 Å². The largest absolute Gasteiger partial charge is 0.444 e. The number of hydrogen-bond acceptors (Lipinski definition) is 5. The van der Waals surface area contributed by atoms with Crippen LogP contribution in [0, 0.1) is 13.8 Å². The Morgan fingerprint density at radius 2 is 1.65 bits per heavy atom. The van der Waals surface area contributed by atoms with Gasteiger partial charge in [0.25, 0.3) is 0 Å². The van der Waals surface area contributed by atoms with Crippen molar-refractivity contribution in [2.45, 2.75) is 118 Å². The molecule has 3 atom stereocenters. The van der Waals surface area contributed by atoms with Crippen LogP contribution in [0.5, 0.6) is 0 Å². The molecule has 0 aliphatic carbocycles. The van der Waals surface area contributed by atoms with Crippen LogP contribution < -0.4 is 16.4 Å². The molecule has 0 bridgehead atoms. The van der Waals surface area contributed by atoms with Crippen LogP contribution in [-0.4, -0.2) is 52.4 Å². The number of carbonyl (C=O) groups is 4. The Balaban J connectivity index is 3.54. The molecule has 208 valence electrons. The molecule has 0 aliphatic heterocycles. The van der Waals surface area contributed by atoms with Gasteiger partial charge in [0.15, 0.2) is 0 Å². The maximum Gasteiger partial charge on any atom is 0.408 e. The van der Waals surface area contributed by atoms with E-state index in [1.807, 2.05) is 59.7 Å². The zero-order valence-electron chi connectivity index (χ0n) is 23.9. The van der Waals surface area contributed by atoms with Crippen molar-refractivity contribution in [3.05, 3.63) is 34.9 Å². The normalized spacial score (nSPS) is 13.9. The van der Waals surface area contributed by atoms with Gasteiger partial charge in [-0.15, -0.1) is 0 Å². The molecule has 4 N–H and O–H groups in total. The van der Waals surface area contributed by atoms with Crippen molar-refractivity contribution >= 4 is 23.8 Å². The van der Waals surface area contributed by atoms with Crippen molar-refractivity contribution in [1.29, 1.82) is 0 Å². The Labute approximate surface area is 221 Å². The second kappa shape index (κ2) is 14.0. The van der Waals surface area contributed by atoms with Gasteiger partial charge < -0.3 is 26.0 Å². The molecule has 0 saturated carbocycles. The van der Waals surface area contributed by atoms with Gasteiger partial charge in [-0.2, -0.15) is 0 Å². The zero-order chi connectivity index (χ0) is 28.5. The number of carbonyl (C=O) groups excluding carboxylic acids is 4. The van der Waals surface area contributed by atoms with E-state index < -0.39 is 41.6 Å². The predicted octanol–water partition coefficient (Wildman–Crippen LogP) is 4.05. The lowest BCUT2D eigenvalue weighted by Crippen LogP contribution is -2.55. The third kappa shape index (κ3) is 10.4. The van der Waals surface area contributed by atoms with Crippen LogP contribution >= 0.6 is 0 Å². The predicted molar refractivity (Wildman–Crippen MR) is 145 cm³/mol. The average molecular weight is 519 g/mol. The van der Waals surface area contributed by atoms with Crippen molar-refractivity contribution in [2.24, 2.45) is 5.73 Å². The highest BCUT2D eigenvalue weighted by Gasteiger charge is 2.38. The zero-order valence-corrected chi connectivity index (χ0v) is 23.9. The summed E-state index contributed by atoms with van der Waals surface area (Å²) in [5.74, 6) is -1.40.